The first kappa shape index (κ1) is 14.4. The second-order valence-electron chi connectivity index (χ2n) is 6.64. The van der Waals surface area contributed by atoms with Crippen LogP contribution in [-0.4, -0.2) is 34.0 Å². The quantitative estimate of drug-likeness (QED) is 0.874. The number of carbonyl (C=O) groups is 1. The van der Waals surface area contributed by atoms with Gasteiger partial charge in [-0.15, -0.1) is 0 Å². The molecule has 1 aromatic heterocycles. The van der Waals surface area contributed by atoms with Crippen molar-refractivity contribution in [2.24, 2.45) is 5.92 Å². The van der Waals surface area contributed by atoms with Gasteiger partial charge < -0.3 is 9.42 Å². The fourth-order valence-corrected chi connectivity index (χ4v) is 3.60. The Kier molecular flexibility index (Phi) is 3.63. The first-order chi connectivity index (χ1) is 11.2. The third-order valence-corrected chi connectivity index (χ3v) is 5.03. The smallest absolute Gasteiger partial charge is 0.229 e. The van der Waals surface area contributed by atoms with Gasteiger partial charge in [0.25, 0.3) is 0 Å². The van der Waals surface area contributed by atoms with Crippen molar-refractivity contribution in [2.45, 2.75) is 38.0 Å². The average molecular weight is 311 g/mol. The van der Waals surface area contributed by atoms with Crippen molar-refractivity contribution in [2.75, 3.05) is 13.1 Å². The van der Waals surface area contributed by atoms with Gasteiger partial charge in [0, 0.05) is 24.9 Å². The summed E-state index contributed by atoms with van der Waals surface area (Å²) in [7, 11) is 0. The second-order valence-corrected chi connectivity index (χ2v) is 6.64. The summed E-state index contributed by atoms with van der Waals surface area (Å²) in [5, 5.41) is 3.86. The number of aryl methyl sites for hydroxylation is 1. The first-order valence-corrected chi connectivity index (χ1v) is 8.36. The molecule has 1 amide bonds. The van der Waals surface area contributed by atoms with Gasteiger partial charge in [-0.3, -0.25) is 4.79 Å². The summed E-state index contributed by atoms with van der Waals surface area (Å²) in [6, 6.07) is 10.4. The summed E-state index contributed by atoms with van der Waals surface area (Å²) >= 11 is 0. The minimum absolute atomic E-state index is 0.180. The van der Waals surface area contributed by atoms with E-state index in [9.17, 15) is 4.79 Å². The Morgan fingerprint density at radius 2 is 1.96 bits per heavy atom. The fourth-order valence-electron chi connectivity index (χ4n) is 3.60. The number of aromatic nitrogens is 2. The summed E-state index contributed by atoms with van der Waals surface area (Å²) in [6.07, 6.45) is 2.82. The van der Waals surface area contributed by atoms with Crippen molar-refractivity contribution in [3.8, 4) is 0 Å². The summed E-state index contributed by atoms with van der Waals surface area (Å²) in [5.41, 5.74) is 1.29. The monoisotopic (exact) mass is 311 g/mol. The van der Waals surface area contributed by atoms with E-state index in [0.717, 1.165) is 38.2 Å². The van der Waals surface area contributed by atoms with Gasteiger partial charge in [0.1, 0.15) is 0 Å². The molecule has 0 spiro atoms. The lowest BCUT2D eigenvalue weighted by atomic mass is 9.96. The van der Waals surface area contributed by atoms with E-state index < -0.39 is 0 Å². The van der Waals surface area contributed by atoms with E-state index in [1.54, 1.807) is 0 Å². The number of hydrogen-bond acceptors (Lipinski definition) is 4. The van der Waals surface area contributed by atoms with Gasteiger partial charge in [-0.05, 0) is 37.7 Å². The predicted octanol–water partition coefficient (Wildman–Crippen LogP) is 2.89. The van der Waals surface area contributed by atoms with Gasteiger partial charge in [0.15, 0.2) is 5.82 Å². The number of benzene rings is 1. The summed E-state index contributed by atoms with van der Waals surface area (Å²) in [4.78, 5) is 19.0. The molecule has 120 valence electrons. The molecule has 2 fully saturated rings. The molecule has 2 heterocycles. The van der Waals surface area contributed by atoms with Gasteiger partial charge in [-0.25, -0.2) is 0 Å². The Morgan fingerprint density at radius 3 is 2.61 bits per heavy atom. The number of amides is 1. The lowest BCUT2D eigenvalue weighted by Crippen LogP contribution is -2.39. The largest absolute Gasteiger partial charge is 0.342 e. The summed E-state index contributed by atoms with van der Waals surface area (Å²) in [6.45, 7) is 3.42. The minimum Gasteiger partial charge on any atom is -0.342 e. The molecule has 0 N–H and O–H groups in total. The number of rotatable bonds is 3. The maximum atomic E-state index is 12.7. The van der Waals surface area contributed by atoms with E-state index in [4.69, 9.17) is 4.52 Å². The van der Waals surface area contributed by atoms with Crippen LogP contribution >= 0.6 is 0 Å². The van der Waals surface area contributed by atoms with Gasteiger partial charge in [-0.1, -0.05) is 35.5 Å². The molecule has 5 heteroatoms. The van der Waals surface area contributed by atoms with Gasteiger partial charge in [0.2, 0.25) is 11.8 Å². The Hall–Kier alpha value is -2.17. The van der Waals surface area contributed by atoms with Crippen molar-refractivity contribution >= 4 is 5.91 Å². The molecule has 2 aliphatic rings. The van der Waals surface area contributed by atoms with E-state index in [1.807, 2.05) is 30.0 Å². The van der Waals surface area contributed by atoms with Crippen LogP contribution in [0.2, 0.25) is 0 Å². The zero-order valence-corrected chi connectivity index (χ0v) is 13.3. The SMILES string of the molecule is Cc1noc(C2CCN(C(=O)[C@@H]3C[C@@H]3c3ccccc3)CC2)n1. The maximum absolute atomic E-state index is 12.7. The first-order valence-electron chi connectivity index (χ1n) is 8.36. The van der Waals surface area contributed by atoms with Crippen LogP contribution < -0.4 is 0 Å². The van der Waals surface area contributed by atoms with Crippen LogP contribution in [0.4, 0.5) is 0 Å². The maximum Gasteiger partial charge on any atom is 0.229 e. The number of nitrogens with zero attached hydrogens (tertiary/aromatic N) is 3. The van der Waals surface area contributed by atoms with E-state index in [0.29, 0.717) is 23.6 Å². The van der Waals surface area contributed by atoms with E-state index in [1.165, 1.54) is 5.56 Å². The molecule has 1 aromatic carbocycles. The molecule has 0 radical (unpaired) electrons. The molecule has 1 aliphatic heterocycles. The van der Waals surface area contributed by atoms with Crippen molar-refractivity contribution < 1.29 is 9.32 Å². The van der Waals surface area contributed by atoms with Crippen molar-refractivity contribution in [3.05, 3.63) is 47.6 Å². The Bertz CT molecular complexity index is 689. The lowest BCUT2D eigenvalue weighted by Gasteiger charge is -2.30. The molecular weight excluding hydrogens is 290 g/mol. The van der Waals surface area contributed by atoms with Crippen LogP contribution in [-0.2, 0) is 4.79 Å². The minimum atomic E-state index is 0.180. The highest BCUT2D eigenvalue weighted by Gasteiger charge is 2.46. The zero-order valence-electron chi connectivity index (χ0n) is 13.3. The molecule has 0 bridgehead atoms. The van der Waals surface area contributed by atoms with E-state index >= 15 is 0 Å². The van der Waals surface area contributed by atoms with Gasteiger partial charge in [0.05, 0.1) is 0 Å². The highest BCUT2D eigenvalue weighted by atomic mass is 16.5. The molecule has 4 rings (SSSR count). The third-order valence-electron chi connectivity index (χ3n) is 5.03. The molecule has 23 heavy (non-hydrogen) atoms. The van der Waals surface area contributed by atoms with Crippen LogP contribution in [0.25, 0.3) is 0 Å². The zero-order chi connectivity index (χ0) is 15.8. The van der Waals surface area contributed by atoms with Crippen LogP contribution in [0.15, 0.2) is 34.9 Å². The van der Waals surface area contributed by atoms with Gasteiger partial charge >= 0.3 is 0 Å². The molecule has 2 atom stereocenters. The highest BCUT2D eigenvalue weighted by Crippen LogP contribution is 2.48. The molecular formula is C18H21N3O2. The molecule has 1 saturated heterocycles. The van der Waals surface area contributed by atoms with E-state index in [2.05, 4.69) is 22.3 Å². The van der Waals surface area contributed by atoms with Crippen LogP contribution in [0, 0.1) is 12.8 Å². The standard InChI is InChI=1S/C18H21N3O2/c1-12-19-17(23-20-12)14-7-9-21(10-8-14)18(22)16-11-15(16)13-5-3-2-4-6-13/h2-6,14-16H,7-11H2,1H3/t15-,16-/m1/s1. The Morgan fingerprint density at radius 1 is 1.22 bits per heavy atom. The summed E-state index contributed by atoms with van der Waals surface area (Å²) < 4.78 is 5.27. The van der Waals surface area contributed by atoms with Crippen molar-refractivity contribution in [1.29, 1.82) is 0 Å². The normalized spacial score (nSPS) is 24.7. The molecule has 2 aromatic rings. The van der Waals surface area contributed by atoms with Crippen LogP contribution in [0.1, 0.15) is 48.4 Å². The van der Waals surface area contributed by atoms with Gasteiger partial charge in [-0.2, -0.15) is 4.98 Å². The lowest BCUT2D eigenvalue weighted by molar-refractivity contribution is -0.133. The Labute approximate surface area is 135 Å². The third kappa shape index (κ3) is 2.87. The molecule has 5 nitrogen and oxygen atoms in total. The summed E-state index contributed by atoms with van der Waals surface area (Å²) in [5.74, 6) is 2.62. The number of carbonyl (C=O) groups excluding carboxylic acids is 1. The number of likely N-dealkylation sites (tertiary alicyclic amines) is 1. The molecule has 1 aliphatic carbocycles. The van der Waals surface area contributed by atoms with Crippen LogP contribution in [0.3, 0.4) is 0 Å². The molecule has 1 saturated carbocycles. The highest BCUT2D eigenvalue weighted by molar-refractivity contribution is 5.83. The van der Waals surface area contributed by atoms with E-state index in [-0.39, 0.29) is 5.92 Å². The second kappa shape index (κ2) is 5.80. The Balaban J connectivity index is 1.33. The topological polar surface area (TPSA) is 59.2 Å². The predicted molar refractivity (Wildman–Crippen MR) is 84.9 cm³/mol. The number of piperidine rings is 1. The fraction of sp³-hybridized carbons (Fsp3) is 0.500. The van der Waals surface area contributed by atoms with Crippen molar-refractivity contribution in [1.82, 2.24) is 15.0 Å². The average Bonchev–Trinajstić information content (AvgIpc) is 3.29. The molecule has 0 unspecified atom stereocenters. The number of hydrogen-bond donors (Lipinski definition) is 0. The van der Waals surface area contributed by atoms with Crippen LogP contribution in [0.5, 0.6) is 0 Å². The van der Waals surface area contributed by atoms with Crippen molar-refractivity contribution in [3.63, 3.8) is 0 Å².